The van der Waals surface area contributed by atoms with Crippen LogP contribution in [0.15, 0.2) is 78.9 Å². The molecule has 3 aromatic rings. The number of nitro groups is 1. The summed E-state index contributed by atoms with van der Waals surface area (Å²) in [6.07, 6.45) is -0.124. The second-order valence-electron chi connectivity index (χ2n) is 6.02. The Morgan fingerprint density at radius 1 is 0.800 bits per heavy atom. The predicted molar refractivity (Wildman–Crippen MR) is 97.3 cm³/mol. The number of hydrogen-bond acceptors (Lipinski definition) is 4. The van der Waals surface area contributed by atoms with Crippen LogP contribution in [0.3, 0.4) is 0 Å². The van der Waals surface area contributed by atoms with E-state index in [1.54, 1.807) is 12.1 Å². The monoisotopic (exact) mass is 331 g/mol. The summed E-state index contributed by atoms with van der Waals surface area (Å²) in [4.78, 5) is 10.5. The van der Waals surface area contributed by atoms with Gasteiger partial charge in [0, 0.05) is 17.8 Å². The fraction of sp³-hybridized carbons (Fsp3) is 0.100. The van der Waals surface area contributed by atoms with Crippen molar-refractivity contribution in [3.63, 3.8) is 0 Å². The molecule has 124 valence electrons. The Morgan fingerprint density at radius 3 is 2.20 bits per heavy atom. The summed E-state index contributed by atoms with van der Waals surface area (Å²) in [6.45, 7) is 0. The third-order valence-corrected chi connectivity index (χ3v) is 4.48. The van der Waals surface area contributed by atoms with Gasteiger partial charge in [0.15, 0.2) is 0 Å². The zero-order chi connectivity index (χ0) is 17.2. The van der Waals surface area contributed by atoms with Gasteiger partial charge in [0.1, 0.15) is 6.17 Å². The van der Waals surface area contributed by atoms with Gasteiger partial charge in [0.2, 0.25) is 0 Å². The minimum absolute atomic E-state index is 0.0545. The number of non-ortho nitro benzene ring substituents is 1. The van der Waals surface area contributed by atoms with Crippen LogP contribution in [-0.4, -0.2) is 4.92 Å². The molecule has 1 aliphatic heterocycles. The number of nitrogens with one attached hydrogen (secondary N) is 2. The molecule has 0 aliphatic carbocycles. The lowest BCUT2D eigenvalue weighted by Gasteiger charge is -2.35. The van der Waals surface area contributed by atoms with Crippen LogP contribution in [0.4, 0.5) is 11.4 Å². The van der Waals surface area contributed by atoms with E-state index in [1.165, 1.54) is 23.3 Å². The molecule has 0 bridgehead atoms. The molecule has 5 nitrogen and oxygen atoms in total. The van der Waals surface area contributed by atoms with Crippen LogP contribution < -0.4 is 10.6 Å². The van der Waals surface area contributed by atoms with Gasteiger partial charge in [-0.1, -0.05) is 48.5 Å². The Bertz CT molecular complexity index is 894. The highest BCUT2D eigenvalue weighted by atomic mass is 16.6. The molecule has 0 fully saturated rings. The summed E-state index contributed by atoms with van der Waals surface area (Å²) in [5.74, 6) is 0. The number of nitrogens with zero attached hydrogens (tertiary/aromatic N) is 1. The highest BCUT2D eigenvalue weighted by molar-refractivity contribution is 5.58. The molecule has 0 radical (unpaired) electrons. The smallest absolute Gasteiger partial charge is 0.269 e. The van der Waals surface area contributed by atoms with Crippen molar-refractivity contribution in [3.05, 3.63) is 106 Å². The average Bonchev–Trinajstić information content (AvgIpc) is 2.68. The number of benzene rings is 3. The summed E-state index contributed by atoms with van der Waals surface area (Å²) < 4.78 is 0. The Labute approximate surface area is 145 Å². The SMILES string of the molecule is O=[N+]([O-])c1ccc([C@@H]2Nc3ccccc3[C@H](c3ccccc3)N2)cc1. The van der Waals surface area contributed by atoms with Crippen LogP contribution in [0.2, 0.25) is 0 Å². The van der Waals surface area contributed by atoms with E-state index < -0.39 is 0 Å². The van der Waals surface area contributed by atoms with E-state index >= 15 is 0 Å². The molecule has 0 aromatic heterocycles. The van der Waals surface area contributed by atoms with Crippen molar-refractivity contribution in [2.45, 2.75) is 12.2 Å². The van der Waals surface area contributed by atoms with Crippen molar-refractivity contribution in [2.24, 2.45) is 0 Å². The van der Waals surface area contributed by atoms with Crippen molar-refractivity contribution in [3.8, 4) is 0 Å². The van der Waals surface area contributed by atoms with Gasteiger partial charge in [0.05, 0.1) is 11.0 Å². The number of para-hydroxylation sites is 1. The van der Waals surface area contributed by atoms with E-state index in [1.807, 2.05) is 30.3 Å². The quantitative estimate of drug-likeness (QED) is 0.551. The summed E-state index contributed by atoms with van der Waals surface area (Å²) in [6, 6.07) is 25.2. The second kappa shape index (κ2) is 6.37. The molecule has 5 heteroatoms. The standard InChI is InChI=1S/C20H17N3O2/c24-23(25)16-12-10-15(11-13-16)20-21-18-9-5-4-8-17(18)19(22-20)14-6-2-1-3-7-14/h1-13,19-22H/t19-,20+/m0/s1. The molecule has 2 N–H and O–H groups in total. The first-order valence-electron chi connectivity index (χ1n) is 8.13. The summed E-state index contributed by atoms with van der Waals surface area (Å²) in [5, 5.41) is 18.0. The molecule has 3 aromatic carbocycles. The summed E-state index contributed by atoms with van der Waals surface area (Å²) in [7, 11) is 0. The molecule has 0 spiro atoms. The number of fused-ring (bicyclic) bond motifs is 1. The minimum Gasteiger partial charge on any atom is -0.366 e. The molecular weight excluding hydrogens is 314 g/mol. The van der Waals surface area contributed by atoms with Gasteiger partial charge in [-0.2, -0.15) is 0 Å². The number of anilines is 1. The van der Waals surface area contributed by atoms with Gasteiger partial charge >= 0.3 is 0 Å². The molecule has 0 saturated heterocycles. The molecule has 1 aliphatic rings. The van der Waals surface area contributed by atoms with Crippen molar-refractivity contribution in [1.29, 1.82) is 0 Å². The van der Waals surface area contributed by atoms with Gasteiger partial charge in [-0.3, -0.25) is 15.4 Å². The normalized spacial score (nSPS) is 18.9. The number of hydrogen-bond donors (Lipinski definition) is 2. The minimum atomic E-state index is -0.381. The average molecular weight is 331 g/mol. The topological polar surface area (TPSA) is 67.2 Å². The Kier molecular flexibility index (Phi) is 3.91. The Balaban J connectivity index is 1.71. The molecular formula is C20H17N3O2. The first kappa shape index (κ1) is 15.4. The van der Waals surface area contributed by atoms with Gasteiger partial charge in [0.25, 0.3) is 5.69 Å². The van der Waals surface area contributed by atoms with E-state index in [0.717, 1.165) is 11.3 Å². The lowest BCUT2D eigenvalue weighted by molar-refractivity contribution is -0.384. The largest absolute Gasteiger partial charge is 0.366 e. The fourth-order valence-electron chi connectivity index (χ4n) is 3.22. The van der Waals surface area contributed by atoms with Crippen LogP contribution in [-0.2, 0) is 0 Å². The number of nitro benzene ring substituents is 1. The van der Waals surface area contributed by atoms with Gasteiger partial charge < -0.3 is 5.32 Å². The molecule has 0 saturated carbocycles. The van der Waals surface area contributed by atoms with E-state index in [-0.39, 0.29) is 22.8 Å². The van der Waals surface area contributed by atoms with Crippen molar-refractivity contribution < 1.29 is 4.92 Å². The molecule has 0 amide bonds. The maximum Gasteiger partial charge on any atom is 0.269 e. The summed E-state index contributed by atoms with van der Waals surface area (Å²) >= 11 is 0. The van der Waals surface area contributed by atoms with Crippen LogP contribution in [0.5, 0.6) is 0 Å². The molecule has 2 atom stereocenters. The van der Waals surface area contributed by atoms with Gasteiger partial charge in [-0.25, -0.2) is 0 Å². The molecule has 25 heavy (non-hydrogen) atoms. The third-order valence-electron chi connectivity index (χ3n) is 4.48. The van der Waals surface area contributed by atoms with Crippen LogP contribution >= 0.6 is 0 Å². The molecule has 4 rings (SSSR count). The maximum absolute atomic E-state index is 10.9. The van der Waals surface area contributed by atoms with Crippen LogP contribution in [0, 0.1) is 10.1 Å². The van der Waals surface area contributed by atoms with Crippen molar-refractivity contribution in [2.75, 3.05) is 5.32 Å². The zero-order valence-electron chi connectivity index (χ0n) is 13.4. The highest BCUT2D eigenvalue weighted by Gasteiger charge is 2.27. The van der Waals surface area contributed by atoms with E-state index in [0.29, 0.717) is 0 Å². The van der Waals surface area contributed by atoms with E-state index in [2.05, 4.69) is 34.9 Å². The second-order valence-corrected chi connectivity index (χ2v) is 6.02. The lowest BCUT2D eigenvalue weighted by atomic mass is 9.93. The number of rotatable bonds is 3. The zero-order valence-corrected chi connectivity index (χ0v) is 13.4. The first-order chi connectivity index (χ1) is 12.2. The van der Waals surface area contributed by atoms with E-state index in [4.69, 9.17) is 0 Å². The third kappa shape index (κ3) is 2.97. The first-order valence-corrected chi connectivity index (χ1v) is 8.13. The van der Waals surface area contributed by atoms with Crippen molar-refractivity contribution >= 4 is 11.4 Å². The van der Waals surface area contributed by atoms with E-state index in [9.17, 15) is 10.1 Å². The molecule has 0 unspecified atom stereocenters. The fourth-order valence-corrected chi connectivity index (χ4v) is 3.22. The van der Waals surface area contributed by atoms with Gasteiger partial charge in [-0.15, -0.1) is 0 Å². The maximum atomic E-state index is 10.9. The van der Waals surface area contributed by atoms with Crippen LogP contribution in [0.25, 0.3) is 0 Å². The molecule has 1 heterocycles. The summed E-state index contributed by atoms with van der Waals surface area (Å²) in [5.41, 5.74) is 4.49. The Morgan fingerprint density at radius 2 is 1.48 bits per heavy atom. The van der Waals surface area contributed by atoms with Gasteiger partial charge in [-0.05, 0) is 34.9 Å². The lowest BCUT2D eigenvalue weighted by Crippen LogP contribution is -2.37. The highest BCUT2D eigenvalue weighted by Crippen LogP contribution is 2.36. The predicted octanol–water partition coefficient (Wildman–Crippen LogP) is 4.40. The van der Waals surface area contributed by atoms with Crippen LogP contribution in [0.1, 0.15) is 28.9 Å². The van der Waals surface area contributed by atoms with Crippen molar-refractivity contribution in [1.82, 2.24) is 5.32 Å². The Hall–Kier alpha value is -3.18.